The molecule has 8 heteroatoms. The largest absolute Gasteiger partial charge is 0.396 e. The molecule has 0 fully saturated rings. The molecule has 0 aliphatic heterocycles. The summed E-state index contributed by atoms with van der Waals surface area (Å²) in [5.74, 6) is 0. The van der Waals surface area contributed by atoms with E-state index in [4.69, 9.17) is 5.11 Å². The number of nitrogens with one attached hydrogen (secondary N) is 1. The first-order valence-corrected chi connectivity index (χ1v) is 6.25. The molecule has 0 unspecified atom stereocenters. The second-order valence-corrected chi connectivity index (χ2v) is 4.35. The first-order chi connectivity index (χ1) is 10.1. The smallest absolute Gasteiger partial charge is 0.299 e. The zero-order valence-corrected chi connectivity index (χ0v) is 11.0. The summed E-state index contributed by atoms with van der Waals surface area (Å²) >= 11 is 0. The SMILES string of the molecule is O=[N+]([O-])c1cc([N+](=O)[O-])c2ccccc2c1NCCCO. The highest BCUT2D eigenvalue weighted by molar-refractivity contribution is 6.03. The van der Waals surface area contributed by atoms with Crippen molar-refractivity contribution >= 4 is 27.8 Å². The highest BCUT2D eigenvalue weighted by Gasteiger charge is 2.24. The van der Waals surface area contributed by atoms with Gasteiger partial charge in [-0.2, -0.15) is 0 Å². The van der Waals surface area contributed by atoms with Crippen molar-refractivity contribution in [2.45, 2.75) is 6.42 Å². The van der Waals surface area contributed by atoms with Crippen LogP contribution in [0.2, 0.25) is 0 Å². The van der Waals surface area contributed by atoms with Gasteiger partial charge < -0.3 is 10.4 Å². The van der Waals surface area contributed by atoms with Gasteiger partial charge in [-0.25, -0.2) is 0 Å². The summed E-state index contributed by atoms with van der Waals surface area (Å²) in [5.41, 5.74) is -0.419. The lowest BCUT2D eigenvalue weighted by molar-refractivity contribution is -0.392. The Morgan fingerprint density at radius 2 is 1.67 bits per heavy atom. The Morgan fingerprint density at radius 3 is 2.24 bits per heavy atom. The number of anilines is 1. The number of nitrogens with zero attached hydrogens (tertiary/aromatic N) is 2. The van der Waals surface area contributed by atoms with Gasteiger partial charge in [-0.15, -0.1) is 0 Å². The monoisotopic (exact) mass is 291 g/mol. The molecule has 0 atom stereocenters. The third-order valence-corrected chi connectivity index (χ3v) is 3.03. The maximum atomic E-state index is 11.2. The van der Waals surface area contributed by atoms with Crippen LogP contribution in [0.5, 0.6) is 0 Å². The van der Waals surface area contributed by atoms with Crippen LogP contribution >= 0.6 is 0 Å². The van der Waals surface area contributed by atoms with Crippen molar-refractivity contribution in [3.63, 3.8) is 0 Å². The van der Waals surface area contributed by atoms with Crippen molar-refractivity contribution < 1.29 is 15.0 Å². The van der Waals surface area contributed by atoms with Crippen LogP contribution < -0.4 is 5.32 Å². The van der Waals surface area contributed by atoms with Crippen molar-refractivity contribution in [2.24, 2.45) is 0 Å². The second kappa shape index (κ2) is 6.14. The highest BCUT2D eigenvalue weighted by Crippen LogP contribution is 2.39. The molecule has 0 saturated carbocycles. The predicted molar refractivity (Wildman–Crippen MR) is 77.4 cm³/mol. The third kappa shape index (κ3) is 2.90. The van der Waals surface area contributed by atoms with Crippen LogP contribution in [0.3, 0.4) is 0 Å². The van der Waals surface area contributed by atoms with E-state index in [1.54, 1.807) is 24.3 Å². The Morgan fingerprint density at radius 1 is 1.05 bits per heavy atom. The van der Waals surface area contributed by atoms with Gasteiger partial charge in [-0.1, -0.05) is 18.2 Å². The van der Waals surface area contributed by atoms with Gasteiger partial charge in [0.05, 0.1) is 21.3 Å². The number of hydrogen-bond donors (Lipinski definition) is 2. The van der Waals surface area contributed by atoms with Crippen molar-refractivity contribution in [1.29, 1.82) is 0 Å². The fourth-order valence-electron chi connectivity index (χ4n) is 2.12. The molecule has 2 aromatic carbocycles. The second-order valence-electron chi connectivity index (χ2n) is 4.35. The Bertz CT molecular complexity index is 702. The average molecular weight is 291 g/mol. The van der Waals surface area contributed by atoms with Gasteiger partial charge in [-0.05, 0) is 12.5 Å². The van der Waals surface area contributed by atoms with E-state index in [2.05, 4.69) is 5.32 Å². The molecule has 21 heavy (non-hydrogen) atoms. The molecule has 0 saturated heterocycles. The Labute approximate surface area is 119 Å². The molecule has 0 aromatic heterocycles. The molecule has 0 radical (unpaired) electrons. The number of non-ortho nitro benzene ring substituents is 1. The molecule has 8 nitrogen and oxygen atoms in total. The number of nitro benzene ring substituents is 2. The number of nitro groups is 2. The van der Waals surface area contributed by atoms with Crippen LogP contribution in [0.15, 0.2) is 30.3 Å². The first kappa shape index (κ1) is 14.7. The standard InChI is InChI=1S/C13H13N3O5/c17-7-3-6-14-13-10-5-2-1-4-9(10)11(15(18)19)8-12(13)16(20)21/h1-2,4-5,8,14,17H,3,6-7H2. The van der Waals surface area contributed by atoms with Gasteiger partial charge in [0.2, 0.25) is 0 Å². The maximum Gasteiger partial charge on any atom is 0.299 e. The lowest BCUT2D eigenvalue weighted by atomic mass is 10.0. The third-order valence-electron chi connectivity index (χ3n) is 3.03. The van der Waals surface area contributed by atoms with Gasteiger partial charge in [0, 0.05) is 18.5 Å². The molecule has 2 rings (SSSR count). The summed E-state index contributed by atoms with van der Waals surface area (Å²) in [4.78, 5) is 21.0. The van der Waals surface area contributed by atoms with E-state index in [0.29, 0.717) is 23.7 Å². The maximum absolute atomic E-state index is 11.2. The van der Waals surface area contributed by atoms with Gasteiger partial charge in [-0.3, -0.25) is 20.2 Å². The zero-order valence-electron chi connectivity index (χ0n) is 11.0. The first-order valence-electron chi connectivity index (χ1n) is 6.25. The Balaban J connectivity index is 2.68. The van der Waals surface area contributed by atoms with E-state index in [9.17, 15) is 20.2 Å². The minimum Gasteiger partial charge on any atom is -0.396 e. The molecule has 0 amide bonds. The number of aliphatic hydroxyl groups is 1. The van der Waals surface area contributed by atoms with Crippen molar-refractivity contribution in [3.8, 4) is 0 Å². The number of benzene rings is 2. The van der Waals surface area contributed by atoms with E-state index in [1.165, 1.54) is 0 Å². The summed E-state index contributed by atoms with van der Waals surface area (Å²) in [7, 11) is 0. The van der Waals surface area contributed by atoms with E-state index in [1.807, 2.05) is 0 Å². The van der Waals surface area contributed by atoms with Gasteiger partial charge in [0.25, 0.3) is 11.4 Å². The topological polar surface area (TPSA) is 119 Å². The summed E-state index contributed by atoms with van der Waals surface area (Å²) < 4.78 is 0. The van der Waals surface area contributed by atoms with Gasteiger partial charge in [0.1, 0.15) is 5.69 Å². The molecule has 2 N–H and O–H groups in total. The van der Waals surface area contributed by atoms with Gasteiger partial charge in [0.15, 0.2) is 0 Å². The van der Waals surface area contributed by atoms with Crippen LogP contribution in [0.25, 0.3) is 10.8 Å². The molecule has 0 aliphatic carbocycles. The average Bonchev–Trinajstić information content (AvgIpc) is 2.46. The molecule has 0 bridgehead atoms. The lowest BCUT2D eigenvalue weighted by Crippen LogP contribution is -2.07. The minimum absolute atomic E-state index is 0.0499. The Kier molecular flexibility index (Phi) is 4.29. The Hall–Kier alpha value is -2.74. The summed E-state index contributed by atoms with van der Waals surface area (Å²) in [6, 6.07) is 7.40. The van der Waals surface area contributed by atoms with Crippen molar-refractivity contribution in [3.05, 3.63) is 50.6 Å². The number of aliphatic hydroxyl groups excluding tert-OH is 1. The quantitative estimate of drug-likeness (QED) is 0.479. The fraction of sp³-hybridized carbons (Fsp3) is 0.231. The van der Waals surface area contributed by atoms with Crippen LogP contribution in [0.1, 0.15) is 6.42 Å². The van der Waals surface area contributed by atoms with E-state index in [-0.39, 0.29) is 23.7 Å². The fourth-order valence-corrected chi connectivity index (χ4v) is 2.12. The van der Waals surface area contributed by atoms with Crippen LogP contribution in [0, 0.1) is 20.2 Å². The van der Waals surface area contributed by atoms with Crippen LogP contribution in [-0.4, -0.2) is 28.1 Å². The molecule has 0 aliphatic rings. The summed E-state index contributed by atoms with van der Waals surface area (Å²) in [5, 5.41) is 34.7. The minimum atomic E-state index is -0.652. The van der Waals surface area contributed by atoms with E-state index < -0.39 is 9.85 Å². The van der Waals surface area contributed by atoms with E-state index in [0.717, 1.165) is 6.07 Å². The van der Waals surface area contributed by atoms with Gasteiger partial charge >= 0.3 is 0 Å². The summed E-state index contributed by atoms with van der Waals surface area (Å²) in [6.45, 7) is 0.283. The molecular weight excluding hydrogens is 278 g/mol. The predicted octanol–water partition coefficient (Wildman–Crippen LogP) is 2.45. The van der Waals surface area contributed by atoms with Crippen LogP contribution in [-0.2, 0) is 0 Å². The zero-order chi connectivity index (χ0) is 15.4. The lowest BCUT2D eigenvalue weighted by Gasteiger charge is -2.10. The van der Waals surface area contributed by atoms with Crippen molar-refractivity contribution in [2.75, 3.05) is 18.5 Å². The van der Waals surface area contributed by atoms with E-state index >= 15 is 0 Å². The number of rotatable bonds is 6. The molecule has 0 spiro atoms. The number of fused-ring (bicyclic) bond motifs is 1. The normalized spacial score (nSPS) is 10.5. The molecule has 110 valence electrons. The molecular formula is C13H13N3O5. The molecule has 0 heterocycles. The molecule has 2 aromatic rings. The highest BCUT2D eigenvalue weighted by atomic mass is 16.6. The number of hydrogen-bond acceptors (Lipinski definition) is 6. The van der Waals surface area contributed by atoms with Crippen molar-refractivity contribution in [1.82, 2.24) is 0 Å². The summed E-state index contributed by atoms with van der Waals surface area (Å²) in [6.07, 6.45) is 0.419. The van der Waals surface area contributed by atoms with Crippen LogP contribution in [0.4, 0.5) is 17.1 Å².